The van der Waals surface area contributed by atoms with E-state index in [1.165, 1.54) is 17.0 Å². The minimum Gasteiger partial charge on any atom is -0.452 e. The lowest BCUT2D eigenvalue weighted by atomic mass is 10.2. The van der Waals surface area contributed by atoms with Crippen molar-refractivity contribution in [2.75, 3.05) is 25.9 Å². The van der Waals surface area contributed by atoms with Crippen molar-refractivity contribution >= 4 is 17.6 Å². The van der Waals surface area contributed by atoms with Crippen LogP contribution in [0.5, 0.6) is 0 Å². The second-order valence-corrected chi connectivity index (χ2v) is 3.92. The molecule has 0 atom stereocenters. The molecular weight excluding hydrogens is 246 g/mol. The van der Waals surface area contributed by atoms with Crippen molar-refractivity contribution in [3.05, 3.63) is 29.8 Å². The molecule has 6 nitrogen and oxygen atoms in total. The molecule has 0 saturated carbocycles. The molecule has 0 heterocycles. The molecule has 1 amide bonds. The van der Waals surface area contributed by atoms with E-state index in [1.807, 2.05) is 6.07 Å². The Bertz CT molecular complexity index is 491. The van der Waals surface area contributed by atoms with Crippen LogP contribution in [0.15, 0.2) is 24.3 Å². The molecular formula is C13H15N3O3. The Kier molecular flexibility index (Phi) is 5.35. The number of esters is 1. The van der Waals surface area contributed by atoms with E-state index < -0.39 is 5.97 Å². The standard InChI is InChI=1S/C13H15N3O3/c1-16(8-2-7-14)12(17)9-19-13(18)10-3-5-11(15)6-4-10/h3-6H,2,8-9,15H2,1H3. The van der Waals surface area contributed by atoms with Crippen molar-refractivity contribution in [1.29, 1.82) is 5.26 Å². The molecule has 0 aliphatic rings. The summed E-state index contributed by atoms with van der Waals surface area (Å²) in [7, 11) is 1.55. The molecule has 0 aliphatic heterocycles. The highest BCUT2D eigenvalue weighted by molar-refractivity contribution is 5.91. The van der Waals surface area contributed by atoms with Crippen molar-refractivity contribution < 1.29 is 14.3 Å². The number of likely N-dealkylation sites (N-methyl/N-ethyl adjacent to an activating group) is 1. The van der Waals surface area contributed by atoms with Crippen LogP contribution in [0.4, 0.5) is 5.69 Å². The molecule has 0 aliphatic carbocycles. The highest BCUT2D eigenvalue weighted by atomic mass is 16.5. The van der Waals surface area contributed by atoms with E-state index in [2.05, 4.69) is 0 Å². The number of nitriles is 1. The first-order valence-electron chi connectivity index (χ1n) is 5.68. The SMILES string of the molecule is CN(CCC#N)C(=O)COC(=O)c1ccc(N)cc1. The third kappa shape index (κ3) is 4.68. The molecule has 0 saturated heterocycles. The number of carbonyl (C=O) groups excluding carboxylic acids is 2. The number of ether oxygens (including phenoxy) is 1. The van der Waals surface area contributed by atoms with Gasteiger partial charge in [0, 0.05) is 19.3 Å². The van der Waals surface area contributed by atoms with Gasteiger partial charge in [-0.15, -0.1) is 0 Å². The summed E-state index contributed by atoms with van der Waals surface area (Å²) in [6.45, 7) is -0.0279. The predicted molar refractivity (Wildman–Crippen MR) is 69.0 cm³/mol. The van der Waals surface area contributed by atoms with Gasteiger partial charge in [-0.05, 0) is 24.3 Å². The monoisotopic (exact) mass is 261 g/mol. The summed E-state index contributed by atoms with van der Waals surface area (Å²) in [6.07, 6.45) is 0.244. The number of hydrogen-bond acceptors (Lipinski definition) is 5. The van der Waals surface area contributed by atoms with Crippen molar-refractivity contribution in [1.82, 2.24) is 4.90 Å². The average Bonchev–Trinajstić information content (AvgIpc) is 2.42. The zero-order valence-electron chi connectivity index (χ0n) is 10.6. The second-order valence-electron chi connectivity index (χ2n) is 3.92. The number of hydrogen-bond donors (Lipinski definition) is 1. The van der Waals surface area contributed by atoms with Gasteiger partial charge in [0.1, 0.15) is 0 Å². The van der Waals surface area contributed by atoms with Crippen LogP contribution in [0.25, 0.3) is 0 Å². The van der Waals surface area contributed by atoms with E-state index in [1.54, 1.807) is 19.2 Å². The van der Waals surface area contributed by atoms with E-state index in [4.69, 9.17) is 15.7 Å². The van der Waals surface area contributed by atoms with Gasteiger partial charge in [-0.2, -0.15) is 5.26 Å². The summed E-state index contributed by atoms with van der Waals surface area (Å²) < 4.78 is 4.88. The largest absolute Gasteiger partial charge is 0.452 e. The number of rotatable bonds is 5. The number of carbonyl (C=O) groups is 2. The summed E-state index contributed by atoms with van der Waals surface area (Å²) in [4.78, 5) is 24.5. The topological polar surface area (TPSA) is 96.4 Å². The fourth-order valence-electron chi connectivity index (χ4n) is 1.28. The van der Waals surface area contributed by atoms with Crippen molar-refractivity contribution in [3.8, 4) is 6.07 Å². The molecule has 1 aromatic rings. The number of anilines is 1. The Balaban J connectivity index is 2.44. The fourth-order valence-corrected chi connectivity index (χ4v) is 1.28. The van der Waals surface area contributed by atoms with Gasteiger partial charge >= 0.3 is 5.97 Å². The molecule has 1 aromatic carbocycles. The summed E-state index contributed by atoms with van der Waals surface area (Å²) in [6, 6.07) is 8.16. The summed E-state index contributed by atoms with van der Waals surface area (Å²) in [5, 5.41) is 8.40. The lowest BCUT2D eigenvalue weighted by Crippen LogP contribution is -2.31. The molecule has 1 rings (SSSR count). The van der Waals surface area contributed by atoms with Crippen molar-refractivity contribution in [2.24, 2.45) is 0 Å². The first kappa shape index (κ1) is 14.5. The average molecular weight is 261 g/mol. The highest BCUT2D eigenvalue weighted by Gasteiger charge is 2.13. The third-order valence-corrected chi connectivity index (χ3v) is 2.46. The van der Waals surface area contributed by atoms with Crippen LogP contribution in [-0.4, -0.2) is 37.0 Å². The van der Waals surface area contributed by atoms with Gasteiger partial charge in [-0.3, -0.25) is 4.79 Å². The van der Waals surface area contributed by atoms with Crippen LogP contribution in [-0.2, 0) is 9.53 Å². The Morgan fingerprint density at radius 2 is 2.00 bits per heavy atom. The Labute approximate surface area is 111 Å². The molecule has 0 fully saturated rings. The van der Waals surface area contributed by atoms with Gasteiger partial charge in [-0.25, -0.2) is 4.79 Å². The fraction of sp³-hybridized carbons (Fsp3) is 0.308. The summed E-state index contributed by atoms with van der Waals surface area (Å²) in [5.74, 6) is -0.930. The number of nitrogens with zero attached hydrogens (tertiary/aromatic N) is 2. The molecule has 19 heavy (non-hydrogen) atoms. The van der Waals surface area contributed by atoms with E-state index in [9.17, 15) is 9.59 Å². The van der Waals surface area contributed by atoms with Crippen molar-refractivity contribution in [3.63, 3.8) is 0 Å². The van der Waals surface area contributed by atoms with Crippen LogP contribution in [0.3, 0.4) is 0 Å². The molecule has 100 valence electrons. The Hall–Kier alpha value is -2.55. The minimum atomic E-state index is -0.581. The minimum absolute atomic E-state index is 0.244. The molecule has 0 radical (unpaired) electrons. The second kappa shape index (κ2) is 7.01. The maximum absolute atomic E-state index is 11.6. The van der Waals surface area contributed by atoms with E-state index in [0.717, 1.165) is 0 Å². The van der Waals surface area contributed by atoms with E-state index in [-0.39, 0.29) is 18.9 Å². The lowest BCUT2D eigenvalue weighted by Gasteiger charge is -2.15. The van der Waals surface area contributed by atoms with E-state index >= 15 is 0 Å². The summed E-state index contributed by atoms with van der Waals surface area (Å²) in [5.41, 5.74) is 6.38. The molecule has 0 spiro atoms. The maximum atomic E-state index is 11.6. The quantitative estimate of drug-likeness (QED) is 0.624. The van der Waals surface area contributed by atoms with Gasteiger partial charge < -0.3 is 15.4 Å². The van der Waals surface area contributed by atoms with Gasteiger partial charge in [0.2, 0.25) is 0 Å². The van der Waals surface area contributed by atoms with Gasteiger partial charge in [0.25, 0.3) is 5.91 Å². The molecule has 6 heteroatoms. The number of amides is 1. The predicted octanol–water partition coefficient (Wildman–Crippen LogP) is 0.798. The van der Waals surface area contributed by atoms with Crippen LogP contribution >= 0.6 is 0 Å². The molecule has 0 unspecified atom stereocenters. The number of benzene rings is 1. The highest BCUT2D eigenvalue weighted by Crippen LogP contribution is 2.06. The van der Waals surface area contributed by atoms with Crippen LogP contribution < -0.4 is 5.73 Å². The molecule has 0 aromatic heterocycles. The lowest BCUT2D eigenvalue weighted by molar-refractivity contribution is -0.133. The first-order valence-corrected chi connectivity index (χ1v) is 5.68. The summed E-state index contributed by atoms with van der Waals surface area (Å²) >= 11 is 0. The van der Waals surface area contributed by atoms with Gasteiger partial charge in [-0.1, -0.05) is 0 Å². The maximum Gasteiger partial charge on any atom is 0.338 e. The zero-order valence-corrected chi connectivity index (χ0v) is 10.6. The Morgan fingerprint density at radius 3 is 2.58 bits per heavy atom. The number of nitrogen functional groups attached to an aromatic ring is 1. The smallest absolute Gasteiger partial charge is 0.338 e. The van der Waals surface area contributed by atoms with Crippen LogP contribution in [0, 0.1) is 11.3 Å². The number of nitrogens with two attached hydrogens (primary N) is 1. The van der Waals surface area contributed by atoms with Crippen LogP contribution in [0.1, 0.15) is 16.8 Å². The molecule has 2 N–H and O–H groups in total. The Morgan fingerprint density at radius 1 is 1.37 bits per heavy atom. The zero-order chi connectivity index (χ0) is 14.3. The third-order valence-electron chi connectivity index (χ3n) is 2.46. The molecule has 0 bridgehead atoms. The first-order chi connectivity index (χ1) is 9.04. The van der Waals surface area contributed by atoms with Gasteiger partial charge in [0.15, 0.2) is 6.61 Å². The van der Waals surface area contributed by atoms with Gasteiger partial charge in [0.05, 0.1) is 18.1 Å². The van der Waals surface area contributed by atoms with Crippen molar-refractivity contribution in [2.45, 2.75) is 6.42 Å². The van der Waals surface area contributed by atoms with Crippen LogP contribution in [0.2, 0.25) is 0 Å². The normalized spacial score (nSPS) is 9.47. The van der Waals surface area contributed by atoms with E-state index in [0.29, 0.717) is 17.8 Å².